The van der Waals surface area contributed by atoms with Crippen LogP contribution in [0.1, 0.15) is 5.82 Å². The smallest absolute Gasteiger partial charge is 0.263 e. The molecule has 0 saturated heterocycles. The van der Waals surface area contributed by atoms with Crippen molar-refractivity contribution in [2.24, 2.45) is 0 Å². The molecular weight excluding hydrogens is 446 g/mol. The maximum atomic E-state index is 12.9. The Morgan fingerprint density at radius 1 is 1.04 bits per heavy atom. The second kappa shape index (κ2) is 8.15. The van der Waals surface area contributed by atoms with E-state index in [1.165, 1.54) is 20.3 Å². The molecule has 1 N–H and O–H groups in total. The van der Waals surface area contributed by atoms with Crippen LogP contribution in [0.25, 0.3) is 11.3 Å². The van der Waals surface area contributed by atoms with Crippen molar-refractivity contribution >= 4 is 31.6 Å². The second-order valence-electron chi connectivity index (χ2n) is 5.81. The number of sulfonamides is 1. The van der Waals surface area contributed by atoms with E-state index in [-0.39, 0.29) is 4.90 Å². The van der Waals surface area contributed by atoms with Crippen molar-refractivity contribution in [3.05, 3.63) is 59.0 Å². The summed E-state index contributed by atoms with van der Waals surface area (Å²) < 4.78 is 39.2. The van der Waals surface area contributed by atoms with E-state index in [1.807, 2.05) is 6.07 Å². The van der Waals surface area contributed by atoms with E-state index in [0.717, 1.165) is 5.56 Å². The molecule has 0 saturated carbocycles. The topological polar surface area (TPSA) is 90.4 Å². The Morgan fingerprint density at radius 2 is 1.75 bits per heavy atom. The number of benzene rings is 2. The van der Waals surface area contributed by atoms with Crippen LogP contribution in [0.4, 0.5) is 5.69 Å². The van der Waals surface area contributed by atoms with Gasteiger partial charge in [0.05, 0.1) is 19.9 Å². The third-order valence-corrected chi connectivity index (χ3v) is 6.25. The lowest BCUT2D eigenvalue weighted by Crippen LogP contribution is -2.14. The highest BCUT2D eigenvalue weighted by atomic mass is 79.9. The molecule has 3 rings (SSSR count). The molecule has 1 heterocycles. The van der Waals surface area contributed by atoms with Crippen LogP contribution in [0, 0.1) is 6.92 Å². The minimum Gasteiger partial charge on any atom is -0.493 e. The van der Waals surface area contributed by atoms with Crippen molar-refractivity contribution in [1.29, 1.82) is 0 Å². The summed E-state index contributed by atoms with van der Waals surface area (Å²) >= 11 is 3.29. The molecule has 28 heavy (non-hydrogen) atoms. The summed E-state index contributed by atoms with van der Waals surface area (Å²) in [6.07, 6.45) is 1.66. The molecule has 0 spiro atoms. The summed E-state index contributed by atoms with van der Waals surface area (Å²) in [5.41, 5.74) is 1.90. The highest BCUT2D eigenvalue weighted by Crippen LogP contribution is 2.36. The lowest BCUT2D eigenvalue weighted by Gasteiger charge is -2.14. The van der Waals surface area contributed by atoms with Crippen LogP contribution in [0.5, 0.6) is 11.5 Å². The zero-order valence-electron chi connectivity index (χ0n) is 15.4. The molecule has 146 valence electrons. The standard InChI is InChI=1S/C19H18BrN3O4S/c1-12-21-8-7-16(22-12)13-5-4-6-14(9-13)23-28(24,25)19-11-18(27-3)17(26-2)10-15(19)20/h4-11,23H,1-3H3. The normalized spacial score (nSPS) is 11.1. The maximum absolute atomic E-state index is 12.9. The van der Waals surface area contributed by atoms with Gasteiger partial charge in [0.25, 0.3) is 10.0 Å². The molecule has 7 nitrogen and oxygen atoms in total. The largest absolute Gasteiger partial charge is 0.493 e. The molecule has 0 radical (unpaired) electrons. The van der Waals surface area contributed by atoms with Gasteiger partial charge in [-0.3, -0.25) is 4.72 Å². The zero-order valence-corrected chi connectivity index (χ0v) is 17.8. The van der Waals surface area contributed by atoms with Gasteiger partial charge in [-0.05, 0) is 47.1 Å². The molecule has 0 unspecified atom stereocenters. The summed E-state index contributed by atoms with van der Waals surface area (Å²) in [6, 6.07) is 11.7. The molecule has 3 aromatic rings. The Morgan fingerprint density at radius 3 is 2.43 bits per heavy atom. The first-order valence-corrected chi connectivity index (χ1v) is 10.5. The Hall–Kier alpha value is -2.65. The Bertz CT molecular complexity index is 1120. The number of rotatable bonds is 6. The molecular formula is C19H18BrN3O4S. The number of aromatic nitrogens is 2. The number of ether oxygens (including phenoxy) is 2. The highest BCUT2D eigenvalue weighted by Gasteiger charge is 2.21. The molecule has 2 aromatic carbocycles. The fourth-order valence-electron chi connectivity index (χ4n) is 2.61. The van der Waals surface area contributed by atoms with Crippen molar-refractivity contribution in [3.8, 4) is 22.8 Å². The van der Waals surface area contributed by atoms with Crippen molar-refractivity contribution < 1.29 is 17.9 Å². The predicted molar refractivity (Wildman–Crippen MR) is 110 cm³/mol. The number of nitrogens with zero attached hydrogens (tertiary/aromatic N) is 2. The van der Waals surface area contributed by atoms with Crippen molar-refractivity contribution in [2.75, 3.05) is 18.9 Å². The van der Waals surface area contributed by atoms with Crippen molar-refractivity contribution in [3.63, 3.8) is 0 Å². The first kappa shape index (κ1) is 20.1. The molecule has 0 aliphatic heterocycles. The van der Waals surface area contributed by atoms with Crippen LogP contribution in [-0.2, 0) is 10.0 Å². The molecule has 0 aliphatic carbocycles. The molecule has 0 aliphatic rings. The molecule has 0 fully saturated rings. The zero-order chi connectivity index (χ0) is 20.3. The molecule has 0 amide bonds. The van der Waals surface area contributed by atoms with Gasteiger partial charge < -0.3 is 9.47 Å². The maximum Gasteiger partial charge on any atom is 0.263 e. The molecule has 0 atom stereocenters. The third-order valence-electron chi connectivity index (χ3n) is 3.91. The Labute approximate surface area is 171 Å². The first-order chi connectivity index (χ1) is 13.3. The average Bonchev–Trinajstić information content (AvgIpc) is 2.67. The van der Waals surface area contributed by atoms with Gasteiger partial charge in [-0.25, -0.2) is 18.4 Å². The predicted octanol–water partition coefficient (Wildman–Crippen LogP) is 4.03. The van der Waals surface area contributed by atoms with Crippen LogP contribution in [0.3, 0.4) is 0 Å². The number of aryl methyl sites for hydroxylation is 1. The van der Waals surface area contributed by atoms with E-state index in [9.17, 15) is 8.42 Å². The number of anilines is 1. The number of methoxy groups -OCH3 is 2. The molecule has 9 heteroatoms. The van der Waals surface area contributed by atoms with Crippen LogP contribution in [0.2, 0.25) is 0 Å². The van der Waals surface area contributed by atoms with Gasteiger partial charge in [-0.2, -0.15) is 0 Å². The number of hydrogen-bond acceptors (Lipinski definition) is 6. The van der Waals surface area contributed by atoms with Crippen LogP contribution in [-0.4, -0.2) is 32.6 Å². The lowest BCUT2D eigenvalue weighted by atomic mass is 10.1. The van der Waals surface area contributed by atoms with Gasteiger partial charge in [-0.1, -0.05) is 12.1 Å². The van der Waals surface area contributed by atoms with Crippen LogP contribution in [0.15, 0.2) is 58.0 Å². The van der Waals surface area contributed by atoms with Crippen LogP contribution < -0.4 is 14.2 Å². The van der Waals surface area contributed by atoms with Gasteiger partial charge >= 0.3 is 0 Å². The Kier molecular flexibility index (Phi) is 5.85. The lowest BCUT2D eigenvalue weighted by molar-refractivity contribution is 0.353. The fraction of sp³-hybridized carbons (Fsp3) is 0.158. The van der Waals surface area contributed by atoms with Gasteiger partial charge in [0, 0.05) is 28.0 Å². The van der Waals surface area contributed by atoms with Gasteiger partial charge in [0.15, 0.2) is 11.5 Å². The summed E-state index contributed by atoms with van der Waals surface area (Å²) in [4.78, 5) is 8.48. The minimum absolute atomic E-state index is 0.0356. The van der Waals surface area contributed by atoms with Gasteiger partial charge in [0.2, 0.25) is 0 Å². The summed E-state index contributed by atoms with van der Waals surface area (Å²) in [7, 11) is -0.943. The molecule has 1 aromatic heterocycles. The van der Waals surface area contributed by atoms with Gasteiger partial charge in [-0.15, -0.1) is 0 Å². The SMILES string of the molecule is COc1cc(Br)c(S(=O)(=O)Nc2cccc(-c3ccnc(C)n3)c2)cc1OC. The number of halogens is 1. The van der Waals surface area contributed by atoms with Crippen molar-refractivity contribution in [2.45, 2.75) is 11.8 Å². The summed E-state index contributed by atoms with van der Waals surface area (Å²) in [5.74, 6) is 1.38. The van der Waals surface area contributed by atoms with E-state index < -0.39 is 10.0 Å². The summed E-state index contributed by atoms with van der Waals surface area (Å²) in [5, 5.41) is 0. The second-order valence-corrected chi connectivity index (χ2v) is 8.32. The van der Waals surface area contributed by atoms with E-state index in [1.54, 1.807) is 43.5 Å². The van der Waals surface area contributed by atoms with E-state index in [2.05, 4.69) is 30.6 Å². The van der Waals surface area contributed by atoms with E-state index >= 15 is 0 Å². The number of nitrogens with one attached hydrogen (secondary N) is 1. The van der Waals surface area contributed by atoms with Crippen LogP contribution >= 0.6 is 15.9 Å². The third kappa shape index (κ3) is 4.26. The van der Waals surface area contributed by atoms with Gasteiger partial charge in [0.1, 0.15) is 10.7 Å². The van der Waals surface area contributed by atoms with Crippen molar-refractivity contribution in [1.82, 2.24) is 9.97 Å². The van der Waals surface area contributed by atoms with E-state index in [4.69, 9.17) is 9.47 Å². The highest BCUT2D eigenvalue weighted by molar-refractivity contribution is 9.10. The fourth-order valence-corrected chi connectivity index (χ4v) is 4.70. The molecule has 0 bridgehead atoms. The van der Waals surface area contributed by atoms with E-state index in [0.29, 0.717) is 33.2 Å². The quantitative estimate of drug-likeness (QED) is 0.593. The monoisotopic (exact) mass is 463 g/mol. The minimum atomic E-state index is -3.87. The number of hydrogen-bond donors (Lipinski definition) is 1. The first-order valence-electron chi connectivity index (χ1n) is 8.18. The average molecular weight is 464 g/mol. The Balaban J connectivity index is 1.96. The summed E-state index contributed by atoms with van der Waals surface area (Å²) in [6.45, 7) is 1.80.